The summed E-state index contributed by atoms with van der Waals surface area (Å²) in [6.45, 7) is 5.66. The summed E-state index contributed by atoms with van der Waals surface area (Å²) in [6.07, 6.45) is -7.60. The van der Waals surface area contributed by atoms with E-state index in [1.54, 1.807) is 36.2 Å². The van der Waals surface area contributed by atoms with Crippen molar-refractivity contribution in [1.29, 1.82) is 0 Å². The molecule has 0 aliphatic carbocycles. The van der Waals surface area contributed by atoms with Crippen molar-refractivity contribution in [3.8, 4) is 16.9 Å². The van der Waals surface area contributed by atoms with Crippen molar-refractivity contribution < 1.29 is 54.9 Å². The molecule has 0 saturated carbocycles. The van der Waals surface area contributed by atoms with Gasteiger partial charge in [0.25, 0.3) is 16.3 Å². The van der Waals surface area contributed by atoms with Gasteiger partial charge in [0.2, 0.25) is 0 Å². The van der Waals surface area contributed by atoms with Crippen LogP contribution in [0.2, 0.25) is 0 Å². The van der Waals surface area contributed by atoms with Crippen molar-refractivity contribution in [3.05, 3.63) is 65.9 Å². The van der Waals surface area contributed by atoms with Gasteiger partial charge in [0.15, 0.2) is 5.69 Å². The van der Waals surface area contributed by atoms with Gasteiger partial charge in [0.05, 0.1) is 29.4 Å². The van der Waals surface area contributed by atoms with Gasteiger partial charge < -0.3 is 19.0 Å². The number of rotatable bonds is 10. The van der Waals surface area contributed by atoms with Crippen LogP contribution in [0, 0.1) is 6.92 Å². The molecule has 3 heterocycles. The quantitative estimate of drug-likeness (QED) is 0.188. The summed E-state index contributed by atoms with van der Waals surface area (Å²) in [5, 5.41) is 6.28. The Morgan fingerprint density at radius 3 is 2.49 bits per heavy atom. The van der Waals surface area contributed by atoms with Gasteiger partial charge in [0.1, 0.15) is 11.1 Å². The monoisotopic (exact) mass is 684 g/mol. The smallest absolute Gasteiger partial charge is 0.444 e. The number of hydrogen-bond donors (Lipinski definition) is 1. The molecule has 15 nitrogen and oxygen atoms in total. The van der Waals surface area contributed by atoms with Crippen LogP contribution in [0.25, 0.3) is 16.9 Å². The van der Waals surface area contributed by atoms with Gasteiger partial charge in [-0.1, -0.05) is 29.8 Å². The zero-order valence-electron chi connectivity index (χ0n) is 25.3. The third-order valence-corrected chi connectivity index (χ3v) is 8.18. The van der Waals surface area contributed by atoms with Gasteiger partial charge in [-0.2, -0.15) is 22.9 Å². The number of ether oxygens (including phenoxy) is 3. The molecule has 47 heavy (non-hydrogen) atoms. The van der Waals surface area contributed by atoms with Crippen molar-refractivity contribution in [2.24, 2.45) is 0 Å². The molecule has 1 N–H and O–H groups in total. The lowest BCUT2D eigenvalue weighted by molar-refractivity contribution is -0.141. The van der Waals surface area contributed by atoms with Crippen LogP contribution in [0.4, 0.5) is 22.8 Å². The fraction of sp³-hybridized carbons (Fsp3) is 0.393. The van der Waals surface area contributed by atoms with Gasteiger partial charge in [-0.3, -0.25) is 5.01 Å². The third kappa shape index (κ3) is 8.21. The van der Waals surface area contributed by atoms with Crippen molar-refractivity contribution in [2.45, 2.75) is 57.1 Å². The summed E-state index contributed by atoms with van der Waals surface area (Å²) >= 11 is 0. The number of amides is 1. The molecule has 1 saturated heterocycles. The number of benzene rings is 2. The van der Waals surface area contributed by atoms with Gasteiger partial charge in [-0.05, 0) is 57.0 Å². The molecule has 0 spiro atoms. The Labute approximate surface area is 266 Å². The van der Waals surface area contributed by atoms with E-state index in [9.17, 15) is 31.2 Å². The second-order valence-electron chi connectivity index (χ2n) is 10.4. The van der Waals surface area contributed by atoms with E-state index in [0.717, 1.165) is 33.5 Å². The Morgan fingerprint density at radius 1 is 1.13 bits per heavy atom. The number of carbonyl (C=O) groups is 2. The molecular formula is C28H31F3N6O9S. The van der Waals surface area contributed by atoms with Crippen LogP contribution in [0.15, 0.2) is 64.1 Å². The molecule has 254 valence electrons. The number of nitrogens with zero attached hydrogens (tertiary/aromatic N) is 5. The predicted molar refractivity (Wildman–Crippen MR) is 155 cm³/mol. The first-order valence-electron chi connectivity index (χ1n) is 14.3. The normalized spacial score (nSPS) is 16.0. The Hall–Kier alpha value is -5.07. The van der Waals surface area contributed by atoms with Gasteiger partial charge in [-0.15, -0.1) is 0 Å². The predicted octanol–water partition coefficient (Wildman–Crippen LogP) is 4.23. The minimum Gasteiger partial charge on any atom is -0.444 e. The standard InChI is InChI=1S/C28H31F3N6O9S/c1-4-42-27(39)43-19(3)45-37-36(46-37)34-15-5-6-22(17-34)44-26(38)33-47(40,41)23-13-11-21(12-14-23)35-24(16-25(32-35)28(29,30)31)20-9-7-18(2)8-10-20/h7-14,16,19,22H,4-6,15,17H2,1-3H3,(H,33,38). The molecule has 2 unspecified atom stereocenters. The van der Waals surface area contributed by atoms with Crippen LogP contribution < -0.4 is 14.6 Å². The summed E-state index contributed by atoms with van der Waals surface area (Å²) in [5.41, 5.74) is 0.593. The fourth-order valence-electron chi connectivity index (χ4n) is 4.62. The average Bonchev–Trinajstić information content (AvgIpc) is 3.60. The average molecular weight is 685 g/mol. The summed E-state index contributed by atoms with van der Waals surface area (Å²) in [4.78, 5) is 30.1. The van der Waals surface area contributed by atoms with Crippen LogP contribution >= 0.6 is 0 Å². The molecule has 2 aromatic carbocycles. The van der Waals surface area contributed by atoms with Crippen molar-refractivity contribution >= 4 is 22.3 Å². The van der Waals surface area contributed by atoms with Crippen molar-refractivity contribution in [3.63, 3.8) is 0 Å². The van der Waals surface area contributed by atoms with Gasteiger partial charge >= 0.3 is 18.4 Å². The number of sulfonamides is 1. The second-order valence-corrected chi connectivity index (χ2v) is 12.1. The lowest BCUT2D eigenvalue weighted by atomic mass is 10.1. The maximum Gasteiger partial charge on any atom is 0.511 e. The molecule has 1 fully saturated rings. The third-order valence-electron chi connectivity index (χ3n) is 6.85. The number of aryl methyl sites for hydroxylation is 1. The Kier molecular flexibility index (Phi) is 9.45. The molecular weight excluding hydrogens is 653 g/mol. The molecule has 0 bridgehead atoms. The highest BCUT2D eigenvalue weighted by atomic mass is 32.2. The number of alkyl halides is 3. The molecule has 1 amide bonds. The van der Waals surface area contributed by atoms with E-state index in [4.69, 9.17) is 18.9 Å². The Balaban J connectivity index is 1.20. The van der Waals surface area contributed by atoms with E-state index in [1.165, 1.54) is 24.0 Å². The van der Waals surface area contributed by atoms with E-state index in [1.807, 2.05) is 11.6 Å². The number of hydrogen-bond acceptors (Lipinski definition) is 11. The van der Waals surface area contributed by atoms with Gasteiger partial charge in [-0.25, -0.2) is 27.4 Å². The number of nitrogens with one attached hydrogen (secondary N) is 1. The molecule has 0 radical (unpaired) electrons. The van der Waals surface area contributed by atoms with Crippen LogP contribution in [0.1, 0.15) is 37.9 Å². The van der Waals surface area contributed by atoms with E-state index >= 15 is 0 Å². The molecule has 4 aromatic rings. The van der Waals surface area contributed by atoms with E-state index < -0.39 is 46.5 Å². The van der Waals surface area contributed by atoms with E-state index in [2.05, 4.69) is 9.84 Å². The van der Waals surface area contributed by atoms with Crippen LogP contribution in [0.5, 0.6) is 0 Å². The van der Waals surface area contributed by atoms with Crippen molar-refractivity contribution in [2.75, 3.05) is 24.7 Å². The Morgan fingerprint density at radius 2 is 1.83 bits per heavy atom. The highest BCUT2D eigenvalue weighted by Gasteiger charge is 2.36. The van der Waals surface area contributed by atoms with Crippen LogP contribution in [0.3, 0.4) is 0 Å². The minimum atomic E-state index is -4.71. The van der Waals surface area contributed by atoms with Crippen molar-refractivity contribution in [1.82, 2.24) is 24.5 Å². The fourth-order valence-corrected chi connectivity index (χ4v) is 5.50. The summed E-state index contributed by atoms with van der Waals surface area (Å²) in [5.74, 6) is 0. The zero-order chi connectivity index (χ0) is 33.9. The first kappa shape index (κ1) is 33.3. The lowest BCUT2D eigenvalue weighted by Crippen LogP contribution is -2.47. The highest BCUT2D eigenvalue weighted by Crippen LogP contribution is 2.33. The molecule has 5 rings (SSSR count). The SMILES string of the molecule is CCOC(=O)OC(C)On1on1N1CCCC(OC(=O)NS(=O)(=O)c2ccc(-n3nc(C(F)(F)F)cc3-c3ccc(C)cc3)cc2)C1. The number of carbonyl (C=O) groups excluding carboxylic acids is 2. The number of aromatic nitrogens is 4. The Bertz CT molecular complexity index is 1790. The second kappa shape index (κ2) is 13.3. The van der Waals surface area contributed by atoms with Crippen LogP contribution in [-0.2, 0) is 30.4 Å². The first-order valence-corrected chi connectivity index (χ1v) is 15.8. The minimum absolute atomic E-state index is 0.127. The molecule has 2 atom stereocenters. The topological polar surface area (TPSA) is 161 Å². The summed E-state index contributed by atoms with van der Waals surface area (Å²) in [6, 6.07) is 12.6. The first-order chi connectivity index (χ1) is 22.2. The van der Waals surface area contributed by atoms with E-state index in [0.29, 0.717) is 24.9 Å². The van der Waals surface area contributed by atoms with Gasteiger partial charge in [0, 0.05) is 24.0 Å². The number of halogens is 3. The van der Waals surface area contributed by atoms with E-state index in [-0.39, 0.29) is 29.4 Å². The molecule has 1 aliphatic heterocycles. The maximum atomic E-state index is 13.5. The molecule has 1 aliphatic rings. The summed E-state index contributed by atoms with van der Waals surface area (Å²) < 4.78 is 89.4. The highest BCUT2D eigenvalue weighted by molar-refractivity contribution is 7.90. The van der Waals surface area contributed by atoms with Crippen LogP contribution in [-0.4, -0.2) is 72.5 Å². The largest absolute Gasteiger partial charge is 0.511 e. The number of piperidine rings is 1. The molecule has 2 aromatic heterocycles. The summed E-state index contributed by atoms with van der Waals surface area (Å²) in [7, 11) is -4.41. The zero-order valence-corrected chi connectivity index (χ0v) is 26.2. The maximum absolute atomic E-state index is 13.5. The lowest BCUT2D eigenvalue weighted by Gasteiger charge is -2.29. The molecule has 19 heteroatoms.